The second kappa shape index (κ2) is 9.95. The first kappa shape index (κ1) is 24.3. The minimum Gasteiger partial charge on any atom is -0.505 e. The van der Waals surface area contributed by atoms with E-state index >= 15 is 0 Å². The van der Waals surface area contributed by atoms with Crippen LogP contribution in [0.25, 0.3) is 11.6 Å². The molecule has 0 bridgehead atoms. The predicted octanol–water partition coefficient (Wildman–Crippen LogP) is 3.84. The summed E-state index contributed by atoms with van der Waals surface area (Å²) in [6.45, 7) is 0.795. The lowest BCUT2D eigenvalue weighted by molar-refractivity contribution is -0.138. The molecule has 7 nitrogen and oxygen atoms in total. The fourth-order valence-corrected chi connectivity index (χ4v) is 5.86. The van der Waals surface area contributed by atoms with Crippen LogP contribution in [0, 0.1) is 23.6 Å². The summed E-state index contributed by atoms with van der Waals surface area (Å²) in [5.74, 6) is -2.19. The number of benzene rings is 1. The third-order valence-electron chi connectivity index (χ3n) is 7.53. The molecule has 4 atom stereocenters. The van der Waals surface area contributed by atoms with Crippen LogP contribution in [0.1, 0.15) is 30.5 Å². The average molecular weight is 493 g/mol. The zero-order chi connectivity index (χ0) is 25.4. The van der Waals surface area contributed by atoms with Crippen LogP contribution in [0.4, 0.5) is 4.39 Å². The van der Waals surface area contributed by atoms with Gasteiger partial charge >= 0.3 is 0 Å². The van der Waals surface area contributed by atoms with Gasteiger partial charge < -0.3 is 14.6 Å². The number of allylic oxidation sites excluding steroid dienone is 1. The number of aromatic nitrogens is 1. The Morgan fingerprint density at radius 2 is 2.08 bits per heavy atom. The van der Waals surface area contributed by atoms with Gasteiger partial charge in [0.05, 0.1) is 36.8 Å². The Labute approximate surface area is 209 Å². The fraction of sp³-hybridized carbons (Fsp3) is 0.393. The van der Waals surface area contributed by atoms with E-state index in [1.54, 1.807) is 26.4 Å². The Kier molecular flexibility index (Phi) is 6.73. The summed E-state index contributed by atoms with van der Waals surface area (Å²) in [7, 11) is 3.19. The predicted molar refractivity (Wildman–Crippen MR) is 131 cm³/mol. The molecule has 5 rings (SSSR count). The highest BCUT2D eigenvalue weighted by atomic mass is 19.1. The van der Waals surface area contributed by atoms with Crippen molar-refractivity contribution >= 4 is 23.5 Å². The van der Waals surface area contributed by atoms with E-state index in [0.29, 0.717) is 38.0 Å². The van der Waals surface area contributed by atoms with E-state index in [2.05, 4.69) is 4.98 Å². The van der Waals surface area contributed by atoms with E-state index < -0.39 is 11.6 Å². The smallest absolute Gasteiger partial charge is 0.233 e. The molecule has 0 saturated carbocycles. The molecule has 2 aliphatic heterocycles. The molecule has 36 heavy (non-hydrogen) atoms. The summed E-state index contributed by atoms with van der Waals surface area (Å²) < 4.78 is 25.7. The van der Waals surface area contributed by atoms with Crippen molar-refractivity contribution < 1.29 is 28.6 Å². The van der Waals surface area contributed by atoms with Crippen molar-refractivity contribution in [1.29, 1.82) is 0 Å². The van der Waals surface area contributed by atoms with Gasteiger partial charge in [0.25, 0.3) is 0 Å². The number of halogens is 1. The summed E-state index contributed by atoms with van der Waals surface area (Å²) >= 11 is 0. The van der Waals surface area contributed by atoms with Crippen molar-refractivity contribution in [3.05, 3.63) is 70.8 Å². The molecular weight excluding hydrogens is 463 g/mol. The Morgan fingerprint density at radius 3 is 2.81 bits per heavy atom. The van der Waals surface area contributed by atoms with Gasteiger partial charge in [-0.25, -0.2) is 4.39 Å². The average Bonchev–Trinajstić information content (AvgIpc) is 3.40. The van der Waals surface area contributed by atoms with Crippen molar-refractivity contribution in [1.82, 2.24) is 9.88 Å². The number of rotatable bonds is 7. The summed E-state index contributed by atoms with van der Waals surface area (Å²) in [6.07, 6.45) is 5.11. The molecule has 2 amide bonds. The summed E-state index contributed by atoms with van der Waals surface area (Å²) in [5, 5.41) is 9.55. The number of fused-ring (bicyclic) bond motifs is 3. The molecule has 3 heterocycles. The van der Waals surface area contributed by atoms with Gasteiger partial charge in [-0.05, 0) is 71.9 Å². The normalized spacial score (nSPS) is 26.0. The lowest BCUT2D eigenvalue weighted by atomic mass is 9.69. The third-order valence-corrected chi connectivity index (χ3v) is 7.53. The Bertz CT molecular complexity index is 1240. The number of hydrogen-bond acceptors (Lipinski definition) is 6. The number of nitrogens with zero attached hydrogens (tertiary/aromatic N) is 2. The molecule has 2 aromatic rings. The number of pyridine rings is 1. The maximum absolute atomic E-state index is 14.0. The van der Waals surface area contributed by atoms with Crippen LogP contribution < -0.4 is 0 Å². The van der Waals surface area contributed by atoms with Crippen LogP contribution in [0.5, 0.6) is 5.75 Å². The van der Waals surface area contributed by atoms with Gasteiger partial charge in [0.2, 0.25) is 11.8 Å². The van der Waals surface area contributed by atoms with E-state index in [9.17, 15) is 19.1 Å². The monoisotopic (exact) mass is 492 g/mol. The van der Waals surface area contributed by atoms with Gasteiger partial charge in [0.1, 0.15) is 0 Å². The largest absolute Gasteiger partial charge is 0.505 e. The molecule has 2 fully saturated rings. The lowest BCUT2D eigenvalue weighted by Crippen LogP contribution is -2.34. The van der Waals surface area contributed by atoms with E-state index in [4.69, 9.17) is 9.47 Å². The number of phenolic OH excluding ortho intramolecular Hbond substituents is 1. The number of methoxy groups -OCH3 is 1. The topological polar surface area (TPSA) is 89.0 Å². The van der Waals surface area contributed by atoms with Gasteiger partial charge in [0.15, 0.2) is 11.6 Å². The molecule has 0 unspecified atom stereocenters. The first-order chi connectivity index (χ1) is 17.4. The van der Waals surface area contributed by atoms with Crippen molar-refractivity contribution in [2.24, 2.45) is 17.8 Å². The zero-order valence-corrected chi connectivity index (χ0v) is 20.3. The number of phenols is 1. The molecule has 1 aliphatic carbocycles. The highest BCUT2D eigenvalue weighted by Crippen LogP contribution is 2.49. The number of amides is 2. The molecule has 0 radical (unpaired) electrons. The number of carbonyl (C=O) groups is 2. The number of hydrogen-bond donors (Lipinski definition) is 1. The van der Waals surface area contributed by atoms with Crippen LogP contribution in [0.3, 0.4) is 0 Å². The second-order valence-electron chi connectivity index (χ2n) is 9.63. The van der Waals surface area contributed by atoms with Crippen molar-refractivity contribution in [2.45, 2.75) is 25.4 Å². The van der Waals surface area contributed by atoms with E-state index in [1.165, 1.54) is 17.0 Å². The van der Waals surface area contributed by atoms with E-state index in [-0.39, 0.29) is 35.7 Å². The van der Waals surface area contributed by atoms with Crippen molar-refractivity contribution in [3.63, 3.8) is 0 Å². The van der Waals surface area contributed by atoms with Crippen LogP contribution in [0.15, 0.2) is 53.7 Å². The Hall–Kier alpha value is -3.36. The van der Waals surface area contributed by atoms with Crippen LogP contribution in [-0.4, -0.2) is 60.3 Å². The zero-order valence-electron chi connectivity index (χ0n) is 20.3. The van der Waals surface area contributed by atoms with Gasteiger partial charge in [0, 0.05) is 26.3 Å². The molecule has 1 N–H and O–H groups in total. The van der Waals surface area contributed by atoms with Gasteiger partial charge in [-0.2, -0.15) is 0 Å². The summed E-state index contributed by atoms with van der Waals surface area (Å²) in [6, 6.07) is 9.92. The minimum atomic E-state index is -0.682. The second-order valence-corrected chi connectivity index (χ2v) is 9.63. The Morgan fingerprint density at radius 1 is 1.25 bits per heavy atom. The number of carbonyl (C=O) groups excluding carboxylic acids is 2. The standard InChI is InChI=1S/C28H29FN2O5/c1-31-27(33)19-13-18(14-35-2)25-20(26(19)28(31)34)15-36-24(25)9-7-17(22-5-3-4-10-30-22)11-16-6-8-23(32)21(29)12-16/h3-6,8,10-12,19-20,24,26,32H,7,9,13-15H2,1-2H3/b17-11-/t19-,20+,24-,26-/m1/s1. The van der Waals surface area contributed by atoms with Crippen LogP contribution in [-0.2, 0) is 19.1 Å². The SMILES string of the molecule is COCC1=C2[C@@H](CC/C(=C/c3ccc(O)c(F)c3)c3ccccn3)OC[C@@H]2[C@@H]2C(=O)N(C)C(=O)[C@@H]2C1. The number of aromatic hydroxyl groups is 1. The van der Waals surface area contributed by atoms with Gasteiger partial charge in [-0.15, -0.1) is 0 Å². The molecule has 1 aromatic heterocycles. The Balaban J connectivity index is 1.43. The van der Waals surface area contributed by atoms with Crippen LogP contribution >= 0.6 is 0 Å². The van der Waals surface area contributed by atoms with Gasteiger partial charge in [-0.1, -0.05) is 12.1 Å². The molecular formula is C28H29FN2O5. The first-order valence-electron chi connectivity index (χ1n) is 12.1. The fourth-order valence-electron chi connectivity index (χ4n) is 5.86. The minimum absolute atomic E-state index is 0.123. The molecule has 2 saturated heterocycles. The molecule has 0 spiro atoms. The third kappa shape index (κ3) is 4.35. The number of ether oxygens (including phenoxy) is 2. The van der Waals surface area contributed by atoms with E-state index in [1.807, 2.05) is 24.3 Å². The quantitative estimate of drug-likeness (QED) is 0.467. The molecule has 188 valence electrons. The highest BCUT2D eigenvalue weighted by molar-refractivity contribution is 6.05. The maximum atomic E-state index is 14.0. The molecule has 3 aliphatic rings. The highest BCUT2D eigenvalue weighted by Gasteiger charge is 2.56. The summed E-state index contributed by atoms with van der Waals surface area (Å²) in [5.41, 5.74) is 4.43. The molecule has 8 heteroatoms. The lowest BCUT2D eigenvalue weighted by Gasteiger charge is -2.31. The maximum Gasteiger partial charge on any atom is 0.233 e. The van der Waals surface area contributed by atoms with E-state index in [0.717, 1.165) is 22.4 Å². The van der Waals surface area contributed by atoms with Crippen LogP contribution in [0.2, 0.25) is 0 Å². The van der Waals surface area contributed by atoms with Crippen molar-refractivity contribution in [2.75, 3.05) is 27.4 Å². The van der Waals surface area contributed by atoms with Gasteiger partial charge in [-0.3, -0.25) is 19.5 Å². The van der Waals surface area contributed by atoms with Crippen molar-refractivity contribution in [3.8, 4) is 5.75 Å². The summed E-state index contributed by atoms with van der Waals surface area (Å²) in [4.78, 5) is 31.3. The number of likely N-dealkylation sites (tertiary alicyclic amines) is 1. The molecule has 1 aromatic carbocycles. The number of imide groups is 1. The first-order valence-corrected chi connectivity index (χ1v) is 12.1.